The van der Waals surface area contributed by atoms with E-state index in [2.05, 4.69) is 14.6 Å². The summed E-state index contributed by atoms with van der Waals surface area (Å²) in [6, 6.07) is 4.05. The molecule has 0 atom stereocenters. The Morgan fingerprint density at radius 1 is 1.33 bits per heavy atom. The summed E-state index contributed by atoms with van der Waals surface area (Å²) >= 11 is 2.02. The molecular weight excluding hydrogens is 448 g/mol. The predicted molar refractivity (Wildman–Crippen MR) is 96.9 cm³/mol. The molecule has 1 aromatic carbocycles. The van der Waals surface area contributed by atoms with E-state index in [0.29, 0.717) is 31.7 Å². The minimum absolute atomic E-state index is 0.0480. The molecule has 9 heteroatoms. The van der Waals surface area contributed by atoms with Gasteiger partial charge in [-0.1, -0.05) is 0 Å². The lowest BCUT2D eigenvalue weighted by Crippen LogP contribution is -2.41. The van der Waals surface area contributed by atoms with E-state index in [1.807, 2.05) is 22.6 Å². The zero-order chi connectivity index (χ0) is 17.2. The molecule has 1 N–H and O–H groups in total. The maximum Gasteiger partial charge on any atom is 0.241 e. The van der Waals surface area contributed by atoms with Gasteiger partial charge in [0, 0.05) is 41.3 Å². The monoisotopic (exact) mass is 465 g/mol. The second-order valence-corrected chi connectivity index (χ2v) is 8.43. The Balaban J connectivity index is 1.80. The third-order valence-corrected chi connectivity index (χ3v) is 5.95. The number of rotatable bonds is 5. The second-order valence-electron chi connectivity index (χ2n) is 5.45. The number of morpholine rings is 1. The molecular formula is C15H17FIN3O3S. The Kier molecular flexibility index (Phi) is 5.65. The van der Waals surface area contributed by atoms with Gasteiger partial charge in [-0.25, -0.2) is 17.5 Å². The van der Waals surface area contributed by atoms with Gasteiger partial charge < -0.3 is 4.74 Å². The van der Waals surface area contributed by atoms with Gasteiger partial charge in [-0.3, -0.25) is 9.88 Å². The van der Waals surface area contributed by atoms with Gasteiger partial charge in [-0.2, -0.15) is 0 Å². The van der Waals surface area contributed by atoms with E-state index in [4.69, 9.17) is 4.74 Å². The first-order valence-corrected chi connectivity index (χ1v) is 10.1. The van der Waals surface area contributed by atoms with Crippen LogP contribution in [0.3, 0.4) is 0 Å². The summed E-state index contributed by atoms with van der Waals surface area (Å²) in [5.74, 6) is -0.534. The fourth-order valence-corrected chi connectivity index (χ4v) is 4.27. The van der Waals surface area contributed by atoms with E-state index < -0.39 is 15.8 Å². The van der Waals surface area contributed by atoms with Crippen molar-refractivity contribution in [2.75, 3.05) is 39.4 Å². The van der Waals surface area contributed by atoms with Crippen LogP contribution in [0.2, 0.25) is 0 Å². The van der Waals surface area contributed by atoms with Crippen molar-refractivity contribution in [3.63, 3.8) is 0 Å². The van der Waals surface area contributed by atoms with E-state index >= 15 is 0 Å². The van der Waals surface area contributed by atoms with E-state index in [9.17, 15) is 12.8 Å². The van der Waals surface area contributed by atoms with Crippen LogP contribution < -0.4 is 4.72 Å². The van der Waals surface area contributed by atoms with E-state index in [1.165, 1.54) is 12.3 Å². The average Bonchev–Trinajstić information content (AvgIpc) is 2.55. The second kappa shape index (κ2) is 7.56. The number of aromatic nitrogens is 1. The minimum atomic E-state index is -3.74. The number of sulfonamides is 1. The van der Waals surface area contributed by atoms with Crippen LogP contribution >= 0.6 is 22.6 Å². The molecule has 1 aliphatic heterocycles. The standard InChI is InChI=1S/C15H17FIN3O3S/c16-13-1-2-14(12-9-11(17)10-18-15(12)13)24(21,22)19-3-4-20-5-7-23-8-6-20/h1-2,9-10,19H,3-8H2. The number of nitrogens with one attached hydrogen (secondary N) is 1. The maximum atomic E-state index is 13.9. The number of pyridine rings is 1. The number of nitrogens with zero attached hydrogens (tertiary/aromatic N) is 2. The average molecular weight is 465 g/mol. The molecule has 130 valence electrons. The van der Waals surface area contributed by atoms with Crippen LogP contribution in [0.15, 0.2) is 29.3 Å². The van der Waals surface area contributed by atoms with Gasteiger partial charge in [0.1, 0.15) is 11.3 Å². The molecule has 24 heavy (non-hydrogen) atoms. The zero-order valence-corrected chi connectivity index (χ0v) is 15.8. The molecule has 0 aliphatic carbocycles. The highest BCUT2D eigenvalue weighted by molar-refractivity contribution is 14.1. The molecule has 6 nitrogen and oxygen atoms in total. The lowest BCUT2D eigenvalue weighted by molar-refractivity contribution is 0.0390. The van der Waals surface area contributed by atoms with Gasteiger partial charge in [0.25, 0.3) is 0 Å². The molecule has 0 unspecified atom stereocenters. The molecule has 2 heterocycles. The van der Waals surface area contributed by atoms with Crippen molar-refractivity contribution in [1.29, 1.82) is 0 Å². The quantitative estimate of drug-likeness (QED) is 0.680. The summed E-state index contributed by atoms with van der Waals surface area (Å²) in [5.41, 5.74) is 0.0615. The van der Waals surface area contributed by atoms with Crippen LogP contribution in [-0.4, -0.2) is 57.7 Å². The Morgan fingerprint density at radius 2 is 2.08 bits per heavy atom. The van der Waals surface area contributed by atoms with Crippen molar-refractivity contribution >= 4 is 43.5 Å². The molecule has 0 saturated carbocycles. The molecule has 1 aliphatic rings. The summed E-state index contributed by atoms with van der Waals surface area (Å²) in [6.07, 6.45) is 1.51. The first kappa shape index (κ1) is 17.9. The SMILES string of the molecule is O=S(=O)(NCCN1CCOCC1)c1ccc(F)c2ncc(I)cc12. The van der Waals surface area contributed by atoms with E-state index in [0.717, 1.165) is 22.7 Å². The Bertz CT molecular complexity index is 841. The van der Waals surface area contributed by atoms with Crippen LogP contribution in [0.4, 0.5) is 4.39 Å². The molecule has 1 fully saturated rings. The van der Waals surface area contributed by atoms with Crippen molar-refractivity contribution in [1.82, 2.24) is 14.6 Å². The molecule has 2 aromatic rings. The van der Waals surface area contributed by atoms with Crippen molar-refractivity contribution < 1.29 is 17.5 Å². The minimum Gasteiger partial charge on any atom is -0.379 e. The largest absolute Gasteiger partial charge is 0.379 e. The highest BCUT2D eigenvalue weighted by atomic mass is 127. The van der Waals surface area contributed by atoms with Crippen molar-refractivity contribution in [3.8, 4) is 0 Å². The number of fused-ring (bicyclic) bond motifs is 1. The number of benzene rings is 1. The van der Waals surface area contributed by atoms with Crippen LogP contribution in [0.25, 0.3) is 10.9 Å². The van der Waals surface area contributed by atoms with Crippen LogP contribution in [-0.2, 0) is 14.8 Å². The topological polar surface area (TPSA) is 71.5 Å². The molecule has 0 spiro atoms. The first-order valence-electron chi connectivity index (χ1n) is 7.51. The fraction of sp³-hybridized carbons (Fsp3) is 0.400. The smallest absolute Gasteiger partial charge is 0.241 e. The van der Waals surface area contributed by atoms with Crippen LogP contribution in [0.5, 0.6) is 0 Å². The van der Waals surface area contributed by atoms with Gasteiger partial charge >= 0.3 is 0 Å². The summed E-state index contributed by atoms with van der Waals surface area (Å²) < 4.78 is 47.7. The summed E-state index contributed by atoms with van der Waals surface area (Å²) in [5, 5.41) is 0.292. The molecule has 1 aromatic heterocycles. The third-order valence-electron chi connectivity index (χ3n) is 3.84. The van der Waals surface area contributed by atoms with Gasteiger partial charge in [0.05, 0.1) is 18.1 Å². The normalized spacial score (nSPS) is 16.6. The van der Waals surface area contributed by atoms with E-state index in [-0.39, 0.29) is 10.4 Å². The predicted octanol–water partition coefficient (Wildman–Crippen LogP) is 1.59. The molecule has 0 bridgehead atoms. The number of halogens is 2. The number of ether oxygens (including phenoxy) is 1. The fourth-order valence-electron chi connectivity index (χ4n) is 2.61. The molecule has 0 amide bonds. The first-order chi connectivity index (χ1) is 11.5. The Hall–Kier alpha value is -0.880. The van der Waals surface area contributed by atoms with Gasteiger partial charge in [-0.15, -0.1) is 0 Å². The van der Waals surface area contributed by atoms with E-state index in [1.54, 1.807) is 6.07 Å². The Morgan fingerprint density at radius 3 is 2.83 bits per heavy atom. The molecule has 1 saturated heterocycles. The Labute approximate surface area is 153 Å². The van der Waals surface area contributed by atoms with Crippen molar-refractivity contribution in [2.24, 2.45) is 0 Å². The lowest BCUT2D eigenvalue weighted by atomic mass is 10.2. The van der Waals surface area contributed by atoms with Crippen molar-refractivity contribution in [3.05, 3.63) is 33.8 Å². The summed E-state index contributed by atoms with van der Waals surface area (Å²) in [7, 11) is -3.74. The maximum absolute atomic E-state index is 13.9. The van der Waals surface area contributed by atoms with Crippen LogP contribution in [0.1, 0.15) is 0 Å². The third kappa shape index (κ3) is 4.02. The highest BCUT2D eigenvalue weighted by Gasteiger charge is 2.20. The number of hydrogen-bond acceptors (Lipinski definition) is 5. The molecule has 0 radical (unpaired) electrons. The lowest BCUT2D eigenvalue weighted by Gasteiger charge is -2.26. The highest BCUT2D eigenvalue weighted by Crippen LogP contribution is 2.25. The number of hydrogen-bond donors (Lipinski definition) is 1. The summed E-state index contributed by atoms with van der Waals surface area (Å²) in [6.45, 7) is 3.82. The van der Waals surface area contributed by atoms with Gasteiger partial charge in [0.2, 0.25) is 10.0 Å². The van der Waals surface area contributed by atoms with Gasteiger partial charge in [0.15, 0.2) is 0 Å². The zero-order valence-electron chi connectivity index (χ0n) is 12.8. The van der Waals surface area contributed by atoms with Crippen LogP contribution in [0, 0.1) is 9.39 Å². The molecule has 3 rings (SSSR count). The van der Waals surface area contributed by atoms with Crippen molar-refractivity contribution in [2.45, 2.75) is 4.90 Å². The summed E-state index contributed by atoms with van der Waals surface area (Å²) in [4.78, 5) is 6.20. The van der Waals surface area contributed by atoms with Gasteiger partial charge in [-0.05, 0) is 40.8 Å².